The van der Waals surface area contributed by atoms with E-state index in [0.717, 1.165) is 5.56 Å². The Labute approximate surface area is 204 Å². The molecule has 0 saturated carbocycles. The van der Waals surface area contributed by atoms with Gasteiger partial charge in [0.1, 0.15) is 0 Å². The van der Waals surface area contributed by atoms with Gasteiger partial charge < -0.3 is 5.32 Å². The molecule has 2 N–H and O–H groups in total. The molecule has 162 valence electrons. The van der Waals surface area contributed by atoms with Gasteiger partial charge >= 0.3 is 5.91 Å². The molecule has 0 radical (unpaired) electrons. The number of hydrazine groups is 1. The number of hydrogen-bond acceptors (Lipinski definition) is 2. The highest BCUT2D eigenvalue weighted by molar-refractivity contribution is 6.36. The summed E-state index contributed by atoms with van der Waals surface area (Å²) in [5.74, 6) is -0.763. The topological polar surface area (TPSA) is 61.2 Å². The highest BCUT2D eigenvalue weighted by atomic mass is 35.5. The molecule has 0 bridgehead atoms. The fraction of sp³-hybridized carbons (Fsp3) is 0.0870. The van der Waals surface area contributed by atoms with E-state index in [0.29, 0.717) is 31.2 Å². The minimum atomic E-state index is -0.873. The van der Waals surface area contributed by atoms with Crippen LogP contribution in [0.15, 0.2) is 66.7 Å². The lowest BCUT2D eigenvalue weighted by Gasteiger charge is -2.15. The monoisotopic (exact) mass is 506 g/mol. The van der Waals surface area contributed by atoms with E-state index >= 15 is 0 Å². The number of carbonyl (C=O) groups is 2. The normalized spacial score (nSPS) is 19.1. The maximum absolute atomic E-state index is 12.9. The van der Waals surface area contributed by atoms with Crippen LogP contribution in [0.5, 0.6) is 0 Å². The number of hydrogen-bond donors (Lipinski definition) is 2. The van der Waals surface area contributed by atoms with E-state index in [1.807, 2.05) is 0 Å². The predicted molar refractivity (Wildman–Crippen MR) is 127 cm³/mol. The standard InChI is InChI=1S/C23H15Cl4N3O2/c24-16-6-1-13(2-7-16)21-20(28-22(31)14-3-8-17(25)9-4-14)23(32)29-30(21)12-15-5-10-18(26)11-19(15)27/h1-12,20-21H,(H-,28,29,31,32)/p+1/b30-12-/t20-,21+/m0/s1. The summed E-state index contributed by atoms with van der Waals surface area (Å²) < 4.78 is 1.62. The maximum atomic E-state index is 12.9. The molecule has 5 nitrogen and oxygen atoms in total. The van der Waals surface area contributed by atoms with E-state index in [1.54, 1.807) is 77.6 Å². The lowest BCUT2D eigenvalue weighted by molar-refractivity contribution is -0.596. The van der Waals surface area contributed by atoms with Gasteiger partial charge in [0.15, 0.2) is 6.04 Å². The van der Waals surface area contributed by atoms with Gasteiger partial charge in [-0.05, 0) is 54.6 Å². The molecule has 3 aromatic carbocycles. The molecule has 0 spiro atoms. The molecule has 1 saturated heterocycles. The summed E-state index contributed by atoms with van der Waals surface area (Å²) >= 11 is 24.3. The third kappa shape index (κ3) is 4.92. The van der Waals surface area contributed by atoms with Crippen molar-refractivity contribution < 1.29 is 14.3 Å². The van der Waals surface area contributed by atoms with Crippen molar-refractivity contribution in [1.29, 1.82) is 0 Å². The highest BCUT2D eigenvalue weighted by Gasteiger charge is 2.47. The molecule has 4 rings (SSSR count). The van der Waals surface area contributed by atoms with Gasteiger partial charge in [0.25, 0.3) is 5.91 Å². The molecule has 2 amide bonds. The van der Waals surface area contributed by atoms with Crippen LogP contribution in [-0.4, -0.2) is 28.8 Å². The molecule has 0 aromatic heterocycles. The second-order valence-corrected chi connectivity index (χ2v) is 8.85. The summed E-state index contributed by atoms with van der Waals surface area (Å²) in [7, 11) is 0. The molecule has 2 atom stereocenters. The van der Waals surface area contributed by atoms with Gasteiger partial charge in [-0.3, -0.25) is 9.59 Å². The molecule has 1 fully saturated rings. The number of carbonyl (C=O) groups excluding carboxylic acids is 2. The summed E-state index contributed by atoms with van der Waals surface area (Å²) in [4.78, 5) is 25.7. The first kappa shape index (κ1) is 22.6. The van der Waals surface area contributed by atoms with Crippen molar-refractivity contribution in [1.82, 2.24) is 10.7 Å². The number of rotatable bonds is 4. The number of amides is 2. The Morgan fingerprint density at radius 3 is 2.09 bits per heavy atom. The lowest BCUT2D eigenvalue weighted by Crippen LogP contribution is -2.42. The van der Waals surface area contributed by atoms with Gasteiger partial charge in [-0.25, -0.2) is 0 Å². The maximum Gasteiger partial charge on any atom is 0.304 e. The van der Waals surface area contributed by atoms with Crippen molar-refractivity contribution >= 4 is 64.4 Å². The molecule has 0 aliphatic carbocycles. The summed E-state index contributed by atoms with van der Waals surface area (Å²) in [5, 5.41) is 4.82. The zero-order valence-corrected chi connectivity index (χ0v) is 19.4. The Balaban J connectivity index is 1.72. The number of hydrazone groups is 1. The first-order valence-electron chi connectivity index (χ1n) is 9.52. The molecule has 0 unspecified atom stereocenters. The van der Waals surface area contributed by atoms with Crippen molar-refractivity contribution in [2.45, 2.75) is 12.1 Å². The number of nitrogens with one attached hydrogen (secondary N) is 2. The number of halogens is 4. The lowest BCUT2D eigenvalue weighted by atomic mass is 10.00. The van der Waals surface area contributed by atoms with Crippen molar-refractivity contribution in [2.75, 3.05) is 0 Å². The minimum absolute atomic E-state index is 0.367. The average molecular weight is 508 g/mol. The fourth-order valence-corrected chi connectivity index (χ4v) is 4.13. The Hall–Kier alpha value is -2.57. The SMILES string of the molecule is O=C(N[C@@H]1C(=O)N/[N+](=C\c2ccc(Cl)cc2Cl)[C@@H]1c1ccc(Cl)cc1)c1ccc(Cl)cc1. The Kier molecular flexibility index (Phi) is 6.72. The average Bonchev–Trinajstić information content (AvgIpc) is 3.06. The summed E-state index contributed by atoms with van der Waals surface area (Å²) in [6, 6.07) is 17.1. The molecule has 3 aromatic rings. The Morgan fingerprint density at radius 1 is 0.875 bits per heavy atom. The van der Waals surface area contributed by atoms with Crippen LogP contribution < -0.4 is 10.7 Å². The molecule has 1 aliphatic rings. The van der Waals surface area contributed by atoms with Crippen LogP contribution in [0.4, 0.5) is 0 Å². The van der Waals surface area contributed by atoms with Crippen LogP contribution in [0.2, 0.25) is 20.1 Å². The summed E-state index contributed by atoms with van der Waals surface area (Å²) in [6.45, 7) is 0. The van der Waals surface area contributed by atoms with Crippen LogP contribution in [0.25, 0.3) is 0 Å². The summed E-state index contributed by atoms with van der Waals surface area (Å²) in [6.07, 6.45) is 1.70. The van der Waals surface area contributed by atoms with Crippen LogP contribution in [-0.2, 0) is 4.79 Å². The third-order valence-corrected chi connectivity index (χ3v) is 6.05. The van der Waals surface area contributed by atoms with Crippen molar-refractivity contribution in [2.24, 2.45) is 0 Å². The first-order chi connectivity index (χ1) is 15.3. The second-order valence-electron chi connectivity index (χ2n) is 7.13. The zero-order chi connectivity index (χ0) is 22.8. The van der Waals surface area contributed by atoms with Crippen molar-refractivity contribution in [3.05, 3.63) is 104 Å². The summed E-state index contributed by atoms with van der Waals surface area (Å²) in [5.41, 5.74) is 4.62. The highest BCUT2D eigenvalue weighted by Crippen LogP contribution is 2.28. The van der Waals surface area contributed by atoms with Gasteiger partial charge in [-0.1, -0.05) is 58.5 Å². The van der Waals surface area contributed by atoms with E-state index in [4.69, 9.17) is 46.4 Å². The molecular formula is C23H16Cl4N3O2+. The van der Waals surface area contributed by atoms with Crippen LogP contribution in [0.3, 0.4) is 0 Å². The van der Waals surface area contributed by atoms with E-state index in [9.17, 15) is 9.59 Å². The number of benzene rings is 3. The van der Waals surface area contributed by atoms with E-state index in [2.05, 4.69) is 10.7 Å². The predicted octanol–water partition coefficient (Wildman–Crippen LogP) is 5.32. The smallest absolute Gasteiger partial charge is 0.304 e. The van der Waals surface area contributed by atoms with Crippen LogP contribution in [0.1, 0.15) is 27.5 Å². The van der Waals surface area contributed by atoms with Gasteiger partial charge in [0, 0.05) is 26.2 Å². The van der Waals surface area contributed by atoms with Gasteiger partial charge in [-0.15, -0.1) is 10.1 Å². The number of nitrogens with zero attached hydrogens (tertiary/aromatic N) is 1. The second kappa shape index (κ2) is 9.51. The van der Waals surface area contributed by atoms with Gasteiger partial charge in [0.05, 0.1) is 10.6 Å². The van der Waals surface area contributed by atoms with E-state index < -0.39 is 18.0 Å². The zero-order valence-electron chi connectivity index (χ0n) is 16.4. The first-order valence-corrected chi connectivity index (χ1v) is 11.0. The van der Waals surface area contributed by atoms with E-state index in [1.165, 1.54) is 0 Å². The van der Waals surface area contributed by atoms with Gasteiger partial charge in [-0.2, -0.15) is 0 Å². The minimum Gasteiger partial charge on any atom is -0.334 e. The van der Waals surface area contributed by atoms with Gasteiger partial charge in [0.2, 0.25) is 12.3 Å². The largest absolute Gasteiger partial charge is 0.334 e. The van der Waals surface area contributed by atoms with Crippen LogP contribution in [0, 0.1) is 0 Å². The quantitative estimate of drug-likeness (QED) is 0.469. The molecule has 9 heteroatoms. The van der Waals surface area contributed by atoms with Crippen molar-refractivity contribution in [3.63, 3.8) is 0 Å². The Morgan fingerprint density at radius 2 is 1.47 bits per heavy atom. The Bertz CT molecular complexity index is 1210. The third-order valence-electron chi connectivity index (χ3n) is 4.98. The van der Waals surface area contributed by atoms with E-state index in [-0.39, 0.29) is 5.91 Å². The molecule has 32 heavy (non-hydrogen) atoms. The molecular weight excluding hydrogens is 492 g/mol. The van der Waals surface area contributed by atoms with Crippen LogP contribution >= 0.6 is 46.4 Å². The molecule has 1 heterocycles. The fourth-order valence-electron chi connectivity index (χ4n) is 3.42. The molecule has 1 aliphatic heterocycles. The van der Waals surface area contributed by atoms with Crippen molar-refractivity contribution in [3.8, 4) is 0 Å².